The zero-order chi connectivity index (χ0) is 37.4. The topological polar surface area (TPSA) is 266 Å². The Morgan fingerprint density at radius 3 is 2.51 bits per heavy atom. The van der Waals surface area contributed by atoms with Gasteiger partial charge in [0.25, 0.3) is 0 Å². The number of carboxylic acid groups (broad SMARTS) is 1. The van der Waals surface area contributed by atoms with Crippen molar-refractivity contribution in [2.24, 2.45) is 15.0 Å². The van der Waals surface area contributed by atoms with Crippen molar-refractivity contribution in [1.29, 1.82) is 5.41 Å². The van der Waals surface area contributed by atoms with E-state index in [9.17, 15) is 40.5 Å². The van der Waals surface area contributed by atoms with Crippen LogP contribution in [-0.4, -0.2) is 121 Å². The SMILES string of the molecule is N=C1C=CC(C(O)COc2ccc(C3C=C(O)c4c(cc(OC5OC(C(=O)O)C(O)(CC6=NC=NC6)C(O)C5O)c(OC5CCCC5)c4O)O3)cc2)=N1. The maximum absolute atomic E-state index is 12.3. The highest BCUT2D eigenvalue weighted by Gasteiger charge is 2.59. The predicted molar refractivity (Wildman–Crippen MR) is 187 cm³/mol. The molecule has 1 saturated carbocycles. The third-order valence-electron chi connectivity index (χ3n) is 9.60. The average molecular weight is 735 g/mol. The number of carboxylic acids is 1. The Labute approximate surface area is 301 Å². The molecule has 0 aromatic heterocycles. The molecular weight excluding hydrogens is 696 g/mol. The van der Waals surface area contributed by atoms with Gasteiger partial charge < -0.3 is 59.4 Å². The van der Waals surface area contributed by atoms with Crippen LogP contribution >= 0.6 is 0 Å². The van der Waals surface area contributed by atoms with Crippen LogP contribution in [0.4, 0.5) is 0 Å². The van der Waals surface area contributed by atoms with Gasteiger partial charge in [-0.25, -0.2) is 14.8 Å². The first-order valence-electron chi connectivity index (χ1n) is 17.0. The van der Waals surface area contributed by atoms with Gasteiger partial charge in [-0.1, -0.05) is 12.1 Å². The van der Waals surface area contributed by atoms with Crippen LogP contribution in [0.25, 0.3) is 5.76 Å². The van der Waals surface area contributed by atoms with Crippen molar-refractivity contribution in [3.05, 3.63) is 59.7 Å². The highest BCUT2D eigenvalue weighted by Crippen LogP contribution is 2.52. The molecule has 1 saturated heterocycles. The van der Waals surface area contributed by atoms with Gasteiger partial charge in [0.15, 0.2) is 17.6 Å². The summed E-state index contributed by atoms with van der Waals surface area (Å²) < 4.78 is 29.6. The van der Waals surface area contributed by atoms with Crippen LogP contribution in [0.3, 0.4) is 0 Å². The summed E-state index contributed by atoms with van der Waals surface area (Å²) >= 11 is 0. The molecule has 0 spiro atoms. The van der Waals surface area contributed by atoms with E-state index in [1.54, 1.807) is 30.3 Å². The highest BCUT2D eigenvalue weighted by atomic mass is 16.7. The van der Waals surface area contributed by atoms with Crippen LogP contribution in [0, 0.1) is 5.41 Å². The van der Waals surface area contributed by atoms with Crippen LogP contribution in [0.5, 0.6) is 28.7 Å². The highest BCUT2D eigenvalue weighted by molar-refractivity contribution is 6.15. The molecule has 2 aromatic carbocycles. The fourth-order valence-corrected chi connectivity index (χ4v) is 6.82. The second kappa shape index (κ2) is 14.6. The van der Waals surface area contributed by atoms with E-state index in [1.165, 1.54) is 24.6 Å². The molecule has 2 aromatic rings. The number of amidine groups is 1. The number of aliphatic carboxylic acids is 1. The minimum absolute atomic E-state index is 0.0406. The maximum atomic E-state index is 12.3. The molecule has 5 aliphatic rings. The van der Waals surface area contributed by atoms with E-state index >= 15 is 0 Å². The third kappa shape index (κ3) is 7.21. The molecule has 0 amide bonds. The van der Waals surface area contributed by atoms with Crippen LogP contribution in [0.1, 0.15) is 49.3 Å². The van der Waals surface area contributed by atoms with Crippen molar-refractivity contribution < 1.29 is 64.2 Å². The largest absolute Gasteiger partial charge is 0.507 e. The van der Waals surface area contributed by atoms with Gasteiger partial charge >= 0.3 is 5.97 Å². The number of aliphatic imine (C=N–C) groups is 3. The summed E-state index contributed by atoms with van der Waals surface area (Å²) in [5.74, 6) is -2.61. The van der Waals surface area contributed by atoms with Gasteiger partial charge in [0.2, 0.25) is 12.0 Å². The molecule has 8 N–H and O–H groups in total. The summed E-state index contributed by atoms with van der Waals surface area (Å²) in [5.41, 5.74) is -1.45. The van der Waals surface area contributed by atoms with Gasteiger partial charge in [0.05, 0.1) is 18.4 Å². The van der Waals surface area contributed by atoms with Crippen LogP contribution in [0.15, 0.2) is 63.5 Å². The van der Waals surface area contributed by atoms with E-state index in [0.29, 0.717) is 29.9 Å². The first-order valence-corrected chi connectivity index (χ1v) is 17.0. The van der Waals surface area contributed by atoms with Gasteiger partial charge in [0, 0.05) is 24.3 Å². The zero-order valence-electron chi connectivity index (χ0n) is 28.1. The summed E-state index contributed by atoms with van der Waals surface area (Å²) in [6.45, 7) is -0.0373. The van der Waals surface area contributed by atoms with E-state index in [0.717, 1.165) is 12.8 Å². The number of rotatable bonds is 12. The van der Waals surface area contributed by atoms with Crippen molar-refractivity contribution in [2.45, 2.75) is 80.6 Å². The normalized spacial score (nSPS) is 28.5. The van der Waals surface area contributed by atoms with Crippen LogP contribution in [0.2, 0.25) is 0 Å². The van der Waals surface area contributed by atoms with Crippen molar-refractivity contribution in [1.82, 2.24) is 0 Å². The monoisotopic (exact) mass is 734 g/mol. The second-order valence-electron chi connectivity index (χ2n) is 13.3. The first-order chi connectivity index (χ1) is 25.4. The van der Waals surface area contributed by atoms with Gasteiger partial charge in [-0.15, -0.1) is 0 Å². The zero-order valence-corrected chi connectivity index (χ0v) is 28.1. The molecule has 53 heavy (non-hydrogen) atoms. The molecule has 17 heteroatoms. The number of nitrogens with zero attached hydrogens (tertiary/aromatic N) is 3. The number of ether oxygens (including phenoxy) is 5. The van der Waals surface area contributed by atoms with Crippen LogP contribution in [-0.2, 0) is 9.53 Å². The standard InChI is InChI=1S/C36H38N4O13/c37-27-10-9-21(40-27)23(42)15-49-19-7-5-17(6-8-19)24-11-22(41)28-25(51-24)12-26(31(29(28)43)50-20-3-1-2-4-20)52-35-30(44)32(45)36(48,33(53-35)34(46)47)13-18-14-38-16-39-18/h5-12,16,20,23-24,30,32-33,35,37,41-45,48H,1-4,13-15H2,(H,46,47). The van der Waals surface area contributed by atoms with Gasteiger partial charge in [-0.05, 0) is 55.5 Å². The molecule has 7 unspecified atom stereocenters. The minimum Gasteiger partial charge on any atom is -0.507 e. The van der Waals surface area contributed by atoms with Gasteiger partial charge in [0.1, 0.15) is 71.6 Å². The molecule has 2 fully saturated rings. The van der Waals surface area contributed by atoms with Gasteiger partial charge in [-0.3, -0.25) is 10.4 Å². The molecular formula is C36H38N4O13. The van der Waals surface area contributed by atoms with E-state index in [1.807, 2.05) is 0 Å². The van der Waals surface area contributed by atoms with Crippen molar-refractivity contribution in [2.75, 3.05) is 13.2 Å². The number of phenols is 1. The Morgan fingerprint density at radius 1 is 1.09 bits per heavy atom. The molecule has 0 bridgehead atoms. The number of carbonyl (C=O) groups is 1. The number of nitrogens with one attached hydrogen (secondary N) is 1. The van der Waals surface area contributed by atoms with Crippen LogP contribution < -0.4 is 18.9 Å². The third-order valence-corrected chi connectivity index (χ3v) is 9.60. The molecule has 4 heterocycles. The first kappa shape index (κ1) is 36.0. The molecule has 1 aliphatic carbocycles. The molecule has 4 aliphatic heterocycles. The fraction of sp³-hybridized carbons (Fsp3) is 0.417. The lowest BCUT2D eigenvalue weighted by molar-refractivity contribution is -0.303. The van der Waals surface area contributed by atoms with E-state index in [-0.39, 0.29) is 59.4 Å². The number of aliphatic hydroxyl groups is 5. The molecule has 7 rings (SSSR count). The number of aliphatic hydroxyl groups excluding tert-OH is 4. The number of phenolic OH excluding ortho intramolecular Hbond substituents is 1. The van der Waals surface area contributed by atoms with E-state index in [4.69, 9.17) is 29.1 Å². The average Bonchev–Trinajstić information content (AvgIpc) is 3.93. The molecule has 17 nitrogen and oxygen atoms in total. The number of fused-ring (bicyclic) bond motifs is 1. The lowest BCUT2D eigenvalue weighted by Gasteiger charge is -2.46. The Morgan fingerprint density at radius 2 is 1.85 bits per heavy atom. The minimum atomic E-state index is -2.50. The van der Waals surface area contributed by atoms with E-state index < -0.39 is 60.6 Å². The maximum Gasteiger partial charge on any atom is 0.336 e. The fourth-order valence-electron chi connectivity index (χ4n) is 6.82. The van der Waals surface area contributed by atoms with Crippen molar-refractivity contribution in [3.63, 3.8) is 0 Å². The smallest absolute Gasteiger partial charge is 0.336 e. The predicted octanol–water partition coefficient (Wildman–Crippen LogP) is 1.99. The summed E-state index contributed by atoms with van der Waals surface area (Å²) in [6.07, 6.45) is -2.06. The molecule has 7 atom stereocenters. The quantitative estimate of drug-likeness (QED) is 0.155. The molecule has 0 radical (unpaired) electrons. The van der Waals surface area contributed by atoms with Crippen molar-refractivity contribution >= 4 is 35.3 Å². The lowest BCUT2D eigenvalue weighted by atomic mass is 9.80. The Hall–Kier alpha value is -5.33. The summed E-state index contributed by atoms with van der Waals surface area (Å²) in [4.78, 5) is 24.1. The Bertz CT molecular complexity index is 1920. The lowest BCUT2D eigenvalue weighted by Crippen LogP contribution is -2.69. The van der Waals surface area contributed by atoms with Gasteiger partial charge in [-0.2, -0.15) is 0 Å². The number of benzene rings is 2. The number of hydrogen-bond acceptors (Lipinski definition) is 15. The summed E-state index contributed by atoms with van der Waals surface area (Å²) in [7, 11) is 0. The summed E-state index contributed by atoms with van der Waals surface area (Å²) in [5, 5.41) is 84.1. The Balaban J connectivity index is 1.14. The Kier molecular flexibility index (Phi) is 9.93. The molecule has 280 valence electrons. The second-order valence-corrected chi connectivity index (χ2v) is 13.3. The summed E-state index contributed by atoms with van der Waals surface area (Å²) in [6, 6.07) is 7.89. The number of hydrogen-bond donors (Lipinski definition) is 8. The van der Waals surface area contributed by atoms with Crippen molar-refractivity contribution in [3.8, 4) is 28.7 Å². The number of aromatic hydroxyl groups is 1. The van der Waals surface area contributed by atoms with E-state index in [2.05, 4.69) is 15.0 Å².